The Kier molecular flexibility index (Phi) is 3.57. The molecule has 0 bridgehead atoms. The highest BCUT2D eigenvalue weighted by molar-refractivity contribution is 6.62. The summed E-state index contributed by atoms with van der Waals surface area (Å²) in [7, 11) is -0.327. The summed E-state index contributed by atoms with van der Waals surface area (Å²) in [6.07, 6.45) is 1.85. The van der Waals surface area contributed by atoms with Crippen molar-refractivity contribution in [3.05, 3.63) is 36.0 Å². The van der Waals surface area contributed by atoms with Crippen LogP contribution in [0, 0.1) is 0 Å². The molecule has 116 valence electrons. The summed E-state index contributed by atoms with van der Waals surface area (Å²) < 4.78 is 12.4. The third-order valence-electron chi connectivity index (χ3n) is 4.90. The van der Waals surface area contributed by atoms with E-state index in [1.165, 1.54) is 5.56 Å². The van der Waals surface area contributed by atoms with E-state index < -0.39 is 0 Å². The molecular formula is C18H24BNO2. The van der Waals surface area contributed by atoms with Gasteiger partial charge in [-0.25, -0.2) is 0 Å². The van der Waals surface area contributed by atoms with Gasteiger partial charge >= 0.3 is 7.12 Å². The van der Waals surface area contributed by atoms with Crippen molar-refractivity contribution in [1.82, 2.24) is 4.98 Å². The summed E-state index contributed by atoms with van der Waals surface area (Å²) in [5.74, 6) is 0.403. The number of hydrogen-bond donors (Lipinski definition) is 0. The average molecular weight is 297 g/mol. The predicted molar refractivity (Wildman–Crippen MR) is 91.5 cm³/mol. The van der Waals surface area contributed by atoms with Crippen molar-refractivity contribution in [3.63, 3.8) is 0 Å². The summed E-state index contributed by atoms with van der Waals surface area (Å²) in [4.78, 5) is 4.55. The summed E-state index contributed by atoms with van der Waals surface area (Å²) in [5, 5.41) is 1.14. The van der Waals surface area contributed by atoms with Crippen LogP contribution in [0.15, 0.2) is 30.5 Å². The monoisotopic (exact) mass is 297 g/mol. The number of hydrogen-bond acceptors (Lipinski definition) is 3. The minimum absolute atomic E-state index is 0.320. The molecule has 1 aromatic carbocycles. The van der Waals surface area contributed by atoms with Gasteiger partial charge < -0.3 is 9.31 Å². The number of rotatable bonds is 2. The van der Waals surface area contributed by atoms with Crippen LogP contribution in [0.2, 0.25) is 0 Å². The number of pyridine rings is 1. The fourth-order valence-electron chi connectivity index (χ4n) is 2.80. The van der Waals surface area contributed by atoms with Crippen molar-refractivity contribution < 1.29 is 9.31 Å². The molecule has 0 radical (unpaired) electrons. The molecule has 1 fully saturated rings. The first-order chi connectivity index (χ1) is 10.2. The number of benzene rings is 1. The van der Waals surface area contributed by atoms with Crippen LogP contribution in [0.4, 0.5) is 0 Å². The average Bonchev–Trinajstić information content (AvgIpc) is 2.66. The molecule has 2 heterocycles. The first kappa shape index (κ1) is 15.5. The largest absolute Gasteiger partial charge is 0.494 e. The molecule has 0 unspecified atom stereocenters. The summed E-state index contributed by atoms with van der Waals surface area (Å²) in [6, 6.07) is 8.39. The van der Waals surface area contributed by atoms with Crippen LogP contribution < -0.4 is 5.46 Å². The van der Waals surface area contributed by atoms with Crippen LogP contribution in [-0.4, -0.2) is 23.3 Å². The van der Waals surface area contributed by atoms with E-state index in [4.69, 9.17) is 9.31 Å². The Balaban J connectivity index is 2.09. The molecule has 22 heavy (non-hydrogen) atoms. The Morgan fingerprint density at radius 2 is 1.68 bits per heavy atom. The van der Waals surface area contributed by atoms with E-state index in [1.54, 1.807) is 0 Å². The van der Waals surface area contributed by atoms with Gasteiger partial charge in [-0.1, -0.05) is 32.0 Å². The van der Waals surface area contributed by atoms with Crippen LogP contribution in [0.3, 0.4) is 0 Å². The van der Waals surface area contributed by atoms with Crippen molar-refractivity contribution in [3.8, 4) is 0 Å². The van der Waals surface area contributed by atoms with E-state index in [0.29, 0.717) is 5.92 Å². The maximum atomic E-state index is 6.19. The van der Waals surface area contributed by atoms with Gasteiger partial charge in [0.1, 0.15) is 0 Å². The number of nitrogens with zero attached hydrogens (tertiary/aromatic N) is 1. The molecule has 0 saturated carbocycles. The number of fused-ring (bicyclic) bond motifs is 1. The van der Waals surface area contributed by atoms with Crippen molar-refractivity contribution >= 4 is 23.5 Å². The van der Waals surface area contributed by atoms with Gasteiger partial charge in [0.25, 0.3) is 0 Å². The third-order valence-corrected chi connectivity index (χ3v) is 4.90. The van der Waals surface area contributed by atoms with Gasteiger partial charge in [0, 0.05) is 11.6 Å². The lowest BCUT2D eigenvalue weighted by molar-refractivity contribution is 0.00578. The molecular weight excluding hydrogens is 273 g/mol. The van der Waals surface area contributed by atoms with Crippen LogP contribution in [0.1, 0.15) is 53.0 Å². The zero-order chi connectivity index (χ0) is 16.1. The fourth-order valence-corrected chi connectivity index (χ4v) is 2.80. The smallest absolute Gasteiger partial charge is 0.399 e. The SMILES string of the molecule is CC(C)c1cc(B2OC(C)(C)C(C)(C)O2)cc2cccnc12. The Bertz CT molecular complexity index is 693. The molecule has 3 rings (SSSR count). The van der Waals surface area contributed by atoms with E-state index in [1.807, 2.05) is 12.3 Å². The molecule has 0 atom stereocenters. The highest BCUT2D eigenvalue weighted by atomic mass is 16.7. The summed E-state index contributed by atoms with van der Waals surface area (Å²) >= 11 is 0. The van der Waals surface area contributed by atoms with Crippen molar-refractivity contribution in [2.45, 2.75) is 58.7 Å². The first-order valence-electron chi connectivity index (χ1n) is 7.95. The molecule has 1 aliphatic rings. The van der Waals surface area contributed by atoms with Gasteiger partial charge in [-0.05, 0) is 50.7 Å². The Labute approximate surface area is 133 Å². The Morgan fingerprint density at radius 1 is 1.05 bits per heavy atom. The van der Waals surface area contributed by atoms with E-state index in [2.05, 4.69) is 64.7 Å². The van der Waals surface area contributed by atoms with Crippen LogP contribution in [0.5, 0.6) is 0 Å². The Morgan fingerprint density at radius 3 is 2.27 bits per heavy atom. The lowest BCUT2D eigenvalue weighted by Crippen LogP contribution is -2.41. The maximum absolute atomic E-state index is 6.19. The lowest BCUT2D eigenvalue weighted by Gasteiger charge is -2.32. The fraction of sp³-hybridized carbons (Fsp3) is 0.500. The topological polar surface area (TPSA) is 31.4 Å². The second-order valence-electron chi connectivity index (χ2n) is 7.43. The zero-order valence-corrected chi connectivity index (χ0v) is 14.3. The second kappa shape index (κ2) is 5.07. The van der Waals surface area contributed by atoms with Crippen LogP contribution in [0.25, 0.3) is 10.9 Å². The summed E-state index contributed by atoms with van der Waals surface area (Å²) in [5.41, 5.74) is 2.74. The second-order valence-corrected chi connectivity index (χ2v) is 7.43. The molecule has 0 aliphatic carbocycles. The molecule has 1 saturated heterocycles. The Hall–Kier alpha value is -1.39. The van der Waals surface area contributed by atoms with Crippen molar-refractivity contribution in [1.29, 1.82) is 0 Å². The van der Waals surface area contributed by atoms with E-state index in [0.717, 1.165) is 16.4 Å². The molecule has 0 amide bonds. The standard InChI is InChI=1S/C18H24BNO2/c1-12(2)15-11-14(10-13-8-7-9-20-16(13)15)19-21-17(3,4)18(5,6)22-19/h7-12H,1-6H3. The molecule has 3 nitrogen and oxygen atoms in total. The third kappa shape index (κ3) is 2.44. The minimum Gasteiger partial charge on any atom is -0.399 e. The highest BCUT2D eigenvalue weighted by Gasteiger charge is 2.51. The van der Waals surface area contributed by atoms with Crippen LogP contribution >= 0.6 is 0 Å². The quantitative estimate of drug-likeness (QED) is 0.793. The maximum Gasteiger partial charge on any atom is 0.494 e. The molecule has 4 heteroatoms. The molecule has 2 aromatic rings. The molecule has 0 spiro atoms. The molecule has 1 aromatic heterocycles. The molecule has 0 N–H and O–H groups in total. The number of aromatic nitrogens is 1. The van der Waals surface area contributed by atoms with Gasteiger partial charge in [-0.15, -0.1) is 0 Å². The summed E-state index contributed by atoms with van der Waals surface area (Å²) in [6.45, 7) is 12.7. The van der Waals surface area contributed by atoms with Gasteiger partial charge in [0.15, 0.2) is 0 Å². The normalized spacial score (nSPS) is 20.0. The van der Waals surface area contributed by atoms with Crippen molar-refractivity contribution in [2.24, 2.45) is 0 Å². The van der Waals surface area contributed by atoms with E-state index >= 15 is 0 Å². The highest BCUT2D eigenvalue weighted by Crippen LogP contribution is 2.37. The zero-order valence-electron chi connectivity index (χ0n) is 14.3. The van der Waals surface area contributed by atoms with Gasteiger partial charge in [0.2, 0.25) is 0 Å². The van der Waals surface area contributed by atoms with E-state index in [-0.39, 0.29) is 18.3 Å². The lowest BCUT2D eigenvalue weighted by atomic mass is 9.76. The van der Waals surface area contributed by atoms with Crippen molar-refractivity contribution in [2.75, 3.05) is 0 Å². The predicted octanol–water partition coefficient (Wildman–Crippen LogP) is 3.66. The van der Waals surface area contributed by atoms with Gasteiger partial charge in [0.05, 0.1) is 16.7 Å². The van der Waals surface area contributed by atoms with Gasteiger partial charge in [-0.3, -0.25) is 4.98 Å². The first-order valence-corrected chi connectivity index (χ1v) is 7.95. The van der Waals surface area contributed by atoms with Gasteiger partial charge in [-0.2, -0.15) is 0 Å². The van der Waals surface area contributed by atoms with E-state index in [9.17, 15) is 0 Å². The molecule has 1 aliphatic heterocycles. The van der Waals surface area contributed by atoms with Crippen LogP contribution in [-0.2, 0) is 9.31 Å². The minimum atomic E-state index is -0.327.